The number of hydrogen-bond donors (Lipinski definition) is 1. The third kappa shape index (κ3) is 5.08. The van der Waals surface area contributed by atoms with E-state index in [-0.39, 0.29) is 0 Å². The van der Waals surface area contributed by atoms with Gasteiger partial charge in [0.25, 0.3) is 0 Å². The predicted molar refractivity (Wildman–Crippen MR) is 69.2 cm³/mol. The summed E-state index contributed by atoms with van der Waals surface area (Å²) in [5, 5.41) is 9.11. The number of hydrogen-bond acceptors (Lipinski definition) is 3. The van der Waals surface area contributed by atoms with Crippen molar-refractivity contribution in [2.75, 3.05) is 13.2 Å². The van der Waals surface area contributed by atoms with Gasteiger partial charge >= 0.3 is 0 Å². The van der Waals surface area contributed by atoms with Crippen LogP contribution in [0.2, 0.25) is 5.02 Å². The van der Waals surface area contributed by atoms with Crippen molar-refractivity contribution in [2.24, 2.45) is 5.73 Å². The molecule has 0 aliphatic rings. The van der Waals surface area contributed by atoms with Crippen LogP contribution in [0.4, 0.5) is 0 Å². The number of benzene rings is 1. The fourth-order valence-corrected chi connectivity index (χ4v) is 1.72. The molecule has 92 valence electrons. The lowest BCUT2D eigenvalue weighted by molar-refractivity contribution is 0.304. The lowest BCUT2D eigenvalue weighted by atomic mass is 10.1. The topological polar surface area (TPSA) is 59.0 Å². The molecule has 1 aromatic carbocycles. The highest BCUT2D eigenvalue weighted by molar-refractivity contribution is 6.30. The molecule has 0 heterocycles. The summed E-state index contributed by atoms with van der Waals surface area (Å²) in [6.45, 7) is 1.20. The third-order valence-electron chi connectivity index (χ3n) is 2.38. The van der Waals surface area contributed by atoms with Gasteiger partial charge in [-0.15, -0.1) is 0 Å². The maximum absolute atomic E-state index is 8.41. The second-order valence-corrected chi connectivity index (χ2v) is 4.19. The number of halogens is 1. The maximum atomic E-state index is 8.41. The lowest BCUT2D eigenvalue weighted by Crippen LogP contribution is -2.06. The van der Waals surface area contributed by atoms with Crippen LogP contribution in [-0.2, 0) is 6.42 Å². The van der Waals surface area contributed by atoms with Crippen LogP contribution in [0.5, 0.6) is 5.75 Å². The van der Waals surface area contributed by atoms with E-state index in [1.165, 1.54) is 0 Å². The first kappa shape index (κ1) is 13.8. The SMILES string of the molecule is N#CCCCCOc1ccc(Cl)cc1CCN. The van der Waals surface area contributed by atoms with Crippen molar-refractivity contribution in [1.29, 1.82) is 5.26 Å². The van der Waals surface area contributed by atoms with Gasteiger partial charge < -0.3 is 10.5 Å². The predicted octanol–water partition coefficient (Wildman–Crippen LogP) is 2.91. The van der Waals surface area contributed by atoms with Crippen molar-refractivity contribution in [3.8, 4) is 11.8 Å². The van der Waals surface area contributed by atoms with E-state index in [1.54, 1.807) is 0 Å². The molecular weight excluding hydrogens is 236 g/mol. The van der Waals surface area contributed by atoms with Crippen LogP contribution in [0.15, 0.2) is 18.2 Å². The van der Waals surface area contributed by atoms with E-state index in [0.717, 1.165) is 30.6 Å². The molecule has 0 radical (unpaired) electrons. The minimum atomic E-state index is 0.575. The zero-order chi connectivity index (χ0) is 12.5. The molecule has 0 atom stereocenters. The van der Waals surface area contributed by atoms with E-state index in [9.17, 15) is 0 Å². The van der Waals surface area contributed by atoms with Gasteiger partial charge in [-0.25, -0.2) is 0 Å². The van der Waals surface area contributed by atoms with Crippen molar-refractivity contribution in [2.45, 2.75) is 25.7 Å². The summed E-state index contributed by atoms with van der Waals surface area (Å²) in [7, 11) is 0. The number of nitrogens with two attached hydrogens (primary N) is 1. The number of ether oxygens (including phenoxy) is 1. The zero-order valence-corrected chi connectivity index (χ0v) is 10.5. The minimum absolute atomic E-state index is 0.575. The van der Waals surface area contributed by atoms with Gasteiger partial charge in [-0.2, -0.15) is 5.26 Å². The highest BCUT2D eigenvalue weighted by Gasteiger charge is 2.04. The monoisotopic (exact) mass is 252 g/mol. The van der Waals surface area contributed by atoms with Gasteiger partial charge in [-0.05, 0) is 49.6 Å². The summed E-state index contributed by atoms with van der Waals surface area (Å²) in [4.78, 5) is 0. The standard InChI is InChI=1S/C13H17ClN2O/c14-12-4-5-13(11(10-12)6-8-16)17-9-3-1-2-7-15/h4-5,10H,1-3,6,8-9,16H2. The summed E-state index contributed by atoms with van der Waals surface area (Å²) in [6.07, 6.45) is 3.10. The van der Waals surface area contributed by atoms with Crippen molar-refractivity contribution < 1.29 is 4.74 Å². The molecule has 0 spiro atoms. The Hall–Kier alpha value is -1.24. The number of unbranched alkanes of at least 4 members (excludes halogenated alkanes) is 2. The van der Waals surface area contributed by atoms with Crippen LogP contribution in [0.1, 0.15) is 24.8 Å². The molecule has 0 saturated heterocycles. The van der Waals surface area contributed by atoms with E-state index < -0.39 is 0 Å². The highest BCUT2D eigenvalue weighted by atomic mass is 35.5. The zero-order valence-electron chi connectivity index (χ0n) is 9.79. The second-order valence-electron chi connectivity index (χ2n) is 3.75. The Bertz CT molecular complexity index is 387. The number of nitriles is 1. The summed E-state index contributed by atoms with van der Waals surface area (Å²) in [6, 6.07) is 7.69. The molecule has 1 aromatic rings. The summed E-state index contributed by atoms with van der Waals surface area (Å²) < 4.78 is 5.67. The van der Waals surface area contributed by atoms with Gasteiger partial charge in [-0.3, -0.25) is 0 Å². The largest absolute Gasteiger partial charge is 0.493 e. The van der Waals surface area contributed by atoms with Gasteiger partial charge in [0.05, 0.1) is 12.7 Å². The molecule has 17 heavy (non-hydrogen) atoms. The smallest absolute Gasteiger partial charge is 0.122 e. The van der Waals surface area contributed by atoms with Gasteiger partial charge in [-0.1, -0.05) is 11.6 Å². The fraction of sp³-hybridized carbons (Fsp3) is 0.462. The van der Waals surface area contributed by atoms with Gasteiger partial charge in [0, 0.05) is 11.4 Å². The van der Waals surface area contributed by atoms with E-state index >= 15 is 0 Å². The van der Waals surface area contributed by atoms with Crippen molar-refractivity contribution >= 4 is 11.6 Å². The highest BCUT2D eigenvalue weighted by Crippen LogP contribution is 2.23. The first-order valence-electron chi connectivity index (χ1n) is 5.76. The Balaban J connectivity index is 2.49. The third-order valence-corrected chi connectivity index (χ3v) is 2.61. The van der Waals surface area contributed by atoms with Gasteiger partial charge in [0.15, 0.2) is 0 Å². The molecule has 0 aliphatic carbocycles. The molecule has 0 saturated carbocycles. The molecule has 0 aromatic heterocycles. The van der Waals surface area contributed by atoms with Crippen LogP contribution in [0, 0.1) is 11.3 Å². The maximum Gasteiger partial charge on any atom is 0.122 e. The Labute approximate surface area is 107 Å². The molecule has 0 fully saturated rings. The Morgan fingerprint density at radius 2 is 2.18 bits per heavy atom. The van der Waals surface area contributed by atoms with E-state index in [4.69, 9.17) is 27.3 Å². The normalized spacial score (nSPS) is 9.94. The lowest BCUT2D eigenvalue weighted by Gasteiger charge is -2.11. The van der Waals surface area contributed by atoms with E-state index in [1.807, 2.05) is 18.2 Å². The number of rotatable bonds is 7. The average molecular weight is 253 g/mol. The van der Waals surface area contributed by atoms with Crippen LogP contribution >= 0.6 is 11.6 Å². The Morgan fingerprint density at radius 1 is 1.35 bits per heavy atom. The van der Waals surface area contributed by atoms with Crippen molar-refractivity contribution in [3.05, 3.63) is 28.8 Å². The fourth-order valence-electron chi connectivity index (χ4n) is 1.53. The van der Waals surface area contributed by atoms with Crippen LogP contribution < -0.4 is 10.5 Å². The first-order valence-corrected chi connectivity index (χ1v) is 6.14. The second kappa shape index (κ2) is 7.94. The molecule has 3 nitrogen and oxygen atoms in total. The molecular formula is C13H17ClN2O. The summed E-state index contributed by atoms with van der Waals surface area (Å²) in [5.74, 6) is 0.844. The van der Waals surface area contributed by atoms with Crippen molar-refractivity contribution in [3.63, 3.8) is 0 Å². The van der Waals surface area contributed by atoms with Gasteiger partial charge in [0.1, 0.15) is 5.75 Å². The van der Waals surface area contributed by atoms with Crippen LogP contribution in [-0.4, -0.2) is 13.2 Å². The van der Waals surface area contributed by atoms with Crippen molar-refractivity contribution in [1.82, 2.24) is 0 Å². The Kier molecular flexibility index (Phi) is 6.46. The minimum Gasteiger partial charge on any atom is -0.493 e. The molecule has 4 heteroatoms. The van der Waals surface area contributed by atoms with Crippen LogP contribution in [0.25, 0.3) is 0 Å². The first-order chi connectivity index (χ1) is 8.27. The van der Waals surface area contributed by atoms with Crippen LogP contribution in [0.3, 0.4) is 0 Å². The summed E-state index contributed by atoms with van der Waals surface area (Å²) in [5.41, 5.74) is 6.58. The number of nitrogens with zero attached hydrogens (tertiary/aromatic N) is 1. The molecule has 0 amide bonds. The van der Waals surface area contributed by atoms with Gasteiger partial charge in [0.2, 0.25) is 0 Å². The Morgan fingerprint density at radius 3 is 2.88 bits per heavy atom. The molecule has 0 bridgehead atoms. The van der Waals surface area contributed by atoms with E-state index in [2.05, 4.69) is 6.07 Å². The molecule has 0 unspecified atom stereocenters. The molecule has 2 N–H and O–H groups in total. The quantitative estimate of drug-likeness (QED) is 0.759. The molecule has 0 aliphatic heterocycles. The molecule has 1 rings (SSSR count). The summed E-state index contributed by atoms with van der Waals surface area (Å²) >= 11 is 5.92. The average Bonchev–Trinajstić information content (AvgIpc) is 2.32. The van der Waals surface area contributed by atoms with E-state index in [0.29, 0.717) is 24.6 Å².